The van der Waals surface area contributed by atoms with Gasteiger partial charge < -0.3 is 10.2 Å². The third-order valence-electron chi connectivity index (χ3n) is 4.42. The van der Waals surface area contributed by atoms with Crippen molar-refractivity contribution in [2.45, 2.75) is 32.0 Å². The van der Waals surface area contributed by atoms with Gasteiger partial charge in [0.25, 0.3) is 0 Å². The SMILES string of the molecule is Cc1nn(C)c(Cl)c1CN[C@@H]1CC(=O)N(C)[C@H]1c1cccnc1. The molecule has 1 fully saturated rings. The highest BCUT2D eigenvalue weighted by molar-refractivity contribution is 6.30. The number of aromatic nitrogens is 3. The van der Waals surface area contributed by atoms with Crippen molar-refractivity contribution in [3.05, 3.63) is 46.5 Å². The summed E-state index contributed by atoms with van der Waals surface area (Å²) < 4.78 is 1.67. The first-order valence-corrected chi connectivity index (χ1v) is 7.93. The van der Waals surface area contributed by atoms with E-state index in [0.29, 0.717) is 18.1 Å². The number of nitrogens with one attached hydrogen (secondary N) is 1. The molecule has 23 heavy (non-hydrogen) atoms. The van der Waals surface area contributed by atoms with Gasteiger partial charge in [0.1, 0.15) is 5.15 Å². The first-order chi connectivity index (χ1) is 11.0. The molecule has 1 aliphatic rings. The number of rotatable bonds is 4. The van der Waals surface area contributed by atoms with Crippen LogP contribution in [0.15, 0.2) is 24.5 Å². The molecule has 3 heterocycles. The number of amides is 1. The molecule has 0 bridgehead atoms. The molecule has 3 rings (SSSR count). The number of aryl methyl sites for hydroxylation is 2. The van der Waals surface area contributed by atoms with E-state index in [-0.39, 0.29) is 18.0 Å². The maximum absolute atomic E-state index is 12.1. The number of hydrogen-bond donors (Lipinski definition) is 1. The maximum atomic E-state index is 12.1. The minimum absolute atomic E-state index is 0.0207. The summed E-state index contributed by atoms with van der Waals surface area (Å²) in [5.41, 5.74) is 2.91. The molecule has 0 radical (unpaired) electrons. The summed E-state index contributed by atoms with van der Waals surface area (Å²) in [5, 5.41) is 8.42. The van der Waals surface area contributed by atoms with Crippen molar-refractivity contribution in [3.63, 3.8) is 0 Å². The normalized spacial score (nSPS) is 21.2. The third-order valence-corrected chi connectivity index (χ3v) is 4.90. The Morgan fingerprint density at radius 2 is 2.22 bits per heavy atom. The Balaban J connectivity index is 1.79. The molecule has 0 saturated carbocycles. The summed E-state index contributed by atoms with van der Waals surface area (Å²) >= 11 is 6.28. The van der Waals surface area contributed by atoms with Crippen molar-refractivity contribution in [1.82, 2.24) is 25.0 Å². The number of likely N-dealkylation sites (N-methyl/N-ethyl adjacent to an activating group) is 1. The van der Waals surface area contributed by atoms with Crippen LogP contribution in [0.25, 0.3) is 0 Å². The standard InChI is InChI=1S/C16H20ClN5O/c1-10-12(16(17)22(3)20-10)9-19-13-7-14(23)21(2)15(13)11-5-4-6-18-8-11/h4-6,8,13,15,19H,7,9H2,1-3H3/t13-,15+/m1/s1. The summed E-state index contributed by atoms with van der Waals surface area (Å²) in [6.45, 7) is 2.52. The Labute approximate surface area is 140 Å². The smallest absolute Gasteiger partial charge is 0.224 e. The molecule has 7 heteroatoms. The van der Waals surface area contributed by atoms with Crippen molar-refractivity contribution >= 4 is 17.5 Å². The molecule has 1 saturated heterocycles. The van der Waals surface area contributed by atoms with E-state index in [2.05, 4.69) is 15.4 Å². The third kappa shape index (κ3) is 2.96. The van der Waals surface area contributed by atoms with Crippen molar-refractivity contribution in [2.24, 2.45) is 7.05 Å². The van der Waals surface area contributed by atoms with Crippen molar-refractivity contribution in [3.8, 4) is 0 Å². The second kappa shape index (κ2) is 6.29. The minimum atomic E-state index is -0.0213. The fourth-order valence-electron chi connectivity index (χ4n) is 3.17. The molecule has 2 aromatic rings. The summed E-state index contributed by atoms with van der Waals surface area (Å²) in [7, 11) is 3.66. The first kappa shape index (κ1) is 16.0. The van der Waals surface area contributed by atoms with E-state index in [1.54, 1.807) is 15.8 Å². The second-order valence-corrected chi connectivity index (χ2v) is 6.26. The highest BCUT2D eigenvalue weighted by atomic mass is 35.5. The zero-order valence-electron chi connectivity index (χ0n) is 13.5. The monoisotopic (exact) mass is 333 g/mol. The van der Waals surface area contributed by atoms with E-state index in [9.17, 15) is 4.79 Å². The number of likely N-dealkylation sites (tertiary alicyclic amines) is 1. The van der Waals surface area contributed by atoms with Crippen LogP contribution in [0.5, 0.6) is 0 Å². The molecular weight excluding hydrogens is 314 g/mol. The predicted molar refractivity (Wildman–Crippen MR) is 87.9 cm³/mol. The molecule has 2 atom stereocenters. The van der Waals surface area contributed by atoms with Gasteiger partial charge in [-0.3, -0.25) is 14.5 Å². The van der Waals surface area contributed by atoms with Crippen LogP contribution in [0, 0.1) is 6.92 Å². The van der Waals surface area contributed by atoms with Crippen LogP contribution in [0.2, 0.25) is 5.15 Å². The van der Waals surface area contributed by atoms with Gasteiger partial charge in [-0.05, 0) is 18.6 Å². The van der Waals surface area contributed by atoms with Gasteiger partial charge in [0.2, 0.25) is 5.91 Å². The highest BCUT2D eigenvalue weighted by Gasteiger charge is 2.38. The van der Waals surface area contributed by atoms with Crippen LogP contribution in [0.4, 0.5) is 0 Å². The van der Waals surface area contributed by atoms with Gasteiger partial charge in [-0.1, -0.05) is 17.7 Å². The van der Waals surface area contributed by atoms with E-state index >= 15 is 0 Å². The van der Waals surface area contributed by atoms with Crippen LogP contribution >= 0.6 is 11.6 Å². The van der Waals surface area contributed by atoms with Gasteiger partial charge in [-0.15, -0.1) is 0 Å². The number of halogens is 1. The number of nitrogens with zero attached hydrogens (tertiary/aromatic N) is 4. The Hall–Kier alpha value is -1.92. The van der Waals surface area contributed by atoms with Gasteiger partial charge in [0.15, 0.2) is 0 Å². The highest BCUT2D eigenvalue weighted by Crippen LogP contribution is 2.32. The van der Waals surface area contributed by atoms with Crippen LogP contribution in [0.3, 0.4) is 0 Å². The molecule has 2 aromatic heterocycles. The second-order valence-electron chi connectivity index (χ2n) is 5.91. The molecule has 0 aromatic carbocycles. The van der Waals surface area contributed by atoms with E-state index < -0.39 is 0 Å². The lowest BCUT2D eigenvalue weighted by atomic mass is 10.0. The molecule has 0 unspecified atom stereocenters. The molecule has 0 spiro atoms. The van der Waals surface area contributed by atoms with Gasteiger partial charge >= 0.3 is 0 Å². The predicted octanol–water partition coefficient (Wildman–Crippen LogP) is 1.84. The molecule has 1 amide bonds. The first-order valence-electron chi connectivity index (χ1n) is 7.56. The van der Waals surface area contributed by atoms with Gasteiger partial charge in [-0.2, -0.15) is 5.10 Å². The fourth-order valence-corrected chi connectivity index (χ4v) is 3.41. The lowest BCUT2D eigenvalue weighted by molar-refractivity contribution is -0.127. The Morgan fingerprint density at radius 3 is 2.83 bits per heavy atom. The quantitative estimate of drug-likeness (QED) is 0.927. The average molecular weight is 334 g/mol. The van der Waals surface area contributed by atoms with Gasteiger partial charge in [0, 0.05) is 51.1 Å². The molecule has 122 valence electrons. The van der Waals surface area contributed by atoms with E-state index in [4.69, 9.17) is 11.6 Å². The maximum Gasteiger partial charge on any atom is 0.224 e. The summed E-state index contributed by atoms with van der Waals surface area (Å²) in [6.07, 6.45) is 4.02. The topological polar surface area (TPSA) is 63.1 Å². The van der Waals surface area contributed by atoms with Crippen LogP contribution in [0.1, 0.15) is 29.3 Å². The van der Waals surface area contributed by atoms with Gasteiger partial charge in [-0.25, -0.2) is 0 Å². The number of hydrogen-bond acceptors (Lipinski definition) is 4. The number of carbonyl (C=O) groups is 1. The Morgan fingerprint density at radius 1 is 1.43 bits per heavy atom. The molecule has 0 aliphatic carbocycles. The number of carbonyl (C=O) groups excluding carboxylic acids is 1. The van der Waals surface area contributed by atoms with E-state index in [0.717, 1.165) is 16.8 Å². The van der Waals surface area contributed by atoms with E-state index in [1.165, 1.54) is 0 Å². The van der Waals surface area contributed by atoms with Crippen LogP contribution in [-0.2, 0) is 18.4 Å². The molecule has 1 N–H and O–H groups in total. The lowest BCUT2D eigenvalue weighted by Crippen LogP contribution is -2.35. The van der Waals surface area contributed by atoms with Crippen molar-refractivity contribution in [1.29, 1.82) is 0 Å². The van der Waals surface area contributed by atoms with Crippen molar-refractivity contribution in [2.75, 3.05) is 7.05 Å². The summed E-state index contributed by atoms with van der Waals surface area (Å²) in [5.74, 6) is 0.130. The largest absolute Gasteiger partial charge is 0.337 e. The minimum Gasteiger partial charge on any atom is -0.337 e. The van der Waals surface area contributed by atoms with E-state index in [1.807, 2.05) is 39.3 Å². The molecule has 6 nitrogen and oxygen atoms in total. The molecule has 1 aliphatic heterocycles. The van der Waals surface area contributed by atoms with Gasteiger partial charge in [0.05, 0.1) is 11.7 Å². The van der Waals surface area contributed by atoms with Crippen LogP contribution in [-0.4, -0.2) is 38.7 Å². The summed E-state index contributed by atoms with van der Waals surface area (Å²) in [4.78, 5) is 18.1. The fraction of sp³-hybridized carbons (Fsp3) is 0.438. The molecular formula is C16H20ClN5O. The average Bonchev–Trinajstić information content (AvgIpc) is 2.95. The lowest BCUT2D eigenvalue weighted by Gasteiger charge is -2.25. The number of pyridine rings is 1. The van der Waals surface area contributed by atoms with Crippen LogP contribution < -0.4 is 5.32 Å². The zero-order chi connectivity index (χ0) is 16.6. The summed E-state index contributed by atoms with van der Waals surface area (Å²) in [6, 6.07) is 3.90. The Kier molecular flexibility index (Phi) is 4.37. The zero-order valence-corrected chi connectivity index (χ0v) is 14.2. The Bertz CT molecular complexity index is 715. The van der Waals surface area contributed by atoms with Crippen molar-refractivity contribution < 1.29 is 4.79 Å².